The van der Waals surface area contributed by atoms with Gasteiger partial charge in [-0.15, -0.1) is 0 Å². The summed E-state index contributed by atoms with van der Waals surface area (Å²) in [6.07, 6.45) is 3.75. The summed E-state index contributed by atoms with van der Waals surface area (Å²) in [6.45, 7) is 2.72. The van der Waals surface area contributed by atoms with E-state index in [0.29, 0.717) is 23.6 Å². The van der Waals surface area contributed by atoms with E-state index in [0.717, 1.165) is 22.0 Å². The topological polar surface area (TPSA) is 70.1 Å². The largest absolute Gasteiger partial charge is 0.479 e. The summed E-state index contributed by atoms with van der Waals surface area (Å²) >= 11 is 0. The number of rotatable bonds is 6. The van der Waals surface area contributed by atoms with E-state index in [4.69, 9.17) is 10.5 Å². The maximum atomic E-state index is 12.9. The Morgan fingerprint density at radius 2 is 1.93 bits per heavy atom. The molecule has 4 aromatic rings. The fraction of sp³-hybridized carbons (Fsp3) is 0.130. The first-order chi connectivity index (χ1) is 13.6. The van der Waals surface area contributed by atoms with Gasteiger partial charge in [0.1, 0.15) is 12.5 Å². The number of aryl methyl sites for hydroxylation is 1. The SMILES string of the molecule is Cc1ccc(C(=O)c2cccn2Cc2cnc3cc(OCN)ccc3c2)cc1. The standard InChI is InChI=1S/C23H21N3O2/c1-16-4-6-18(7-5-16)23(27)22-3-2-10-26(22)14-17-11-19-8-9-20(28-15-24)12-21(19)25-13-17/h2-13H,14-15,24H2,1H3. The summed E-state index contributed by atoms with van der Waals surface area (Å²) in [4.78, 5) is 17.4. The maximum Gasteiger partial charge on any atom is 0.209 e. The van der Waals surface area contributed by atoms with E-state index in [1.165, 1.54) is 0 Å². The van der Waals surface area contributed by atoms with Crippen molar-refractivity contribution in [3.05, 3.63) is 95.4 Å². The molecule has 140 valence electrons. The molecule has 0 aliphatic heterocycles. The molecule has 0 unspecified atom stereocenters. The predicted molar refractivity (Wildman–Crippen MR) is 110 cm³/mol. The number of ketones is 1. The molecule has 5 nitrogen and oxygen atoms in total. The lowest BCUT2D eigenvalue weighted by Crippen LogP contribution is -2.10. The monoisotopic (exact) mass is 371 g/mol. The van der Waals surface area contributed by atoms with Crippen LogP contribution in [0.1, 0.15) is 27.2 Å². The van der Waals surface area contributed by atoms with Crippen LogP contribution in [0.5, 0.6) is 5.75 Å². The van der Waals surface area contributed by atoms with Gasteiger partial charge in [0, 0.05) is 36.0 Å². The molecular weight excluding hydrogens is 350 g/mol. The molecule has 2 aromatic carbocycles. The van der Waals surface area contributed by atoms with E-state index in [2.05, 4.69) is 11.1 Å². The Morgan fingerprint density at radius 1 is 1.11 bits per heavy atom. The molecule has 4 rings (SSSR count). The molecule has 2 heterocycles. The summed E-state index contributed by atoms with van der Waals surface area (Å²) in [6, 6.07) is 19.2. The van der Waals surface area contributed by atoms with Gasteiger partial charge in [-0.2, -0.15) is 0 Å². The fourth-order valence-electron chi connectivity index (χ4n) is 3.23. The molecule has 28 heavy (non-hydrogen) atoms. The second kappa shape index (κ2) is 7.66. The van der Waals surface area contributed by atoms with Crippen LogP contribution in [0, 0.1) is 6.92 Å². The average Bonchev–Trinajstić information content (AvgIpc) is 3.16. The van der Waals surface area contributed by atoms with Crippen LogP contribution in [0.25, 0.3) is 10.9 Å². The van der Waals surface area contributed by atoms with E-state index >= 15 is 0 Å². The average molecular weight is 371 g/mol. The molecule has 0 radical (unpaired) electrons. The molecule has 0 atom stereocenters. The summed E-state index contributed by atoms with van der Waals surface area (Å²) in [5.41, 5.74) is 9.77. The highest BCUT2D eigenvalue weighted by Crippen LogP contribution is 2.21. The van der Waals surface area contributed by atoms with Gasteiger partial charge in [-0.1, -0.05) is 29.8 Å². The van der Waals surface area contributed by atoms with Gasteiger partial charge in [0.15, 0.2) is 0 Å². The zero-order valence-electron chi connectivity index (χ0n) is 15.6. The number of nitrogens with two attached hydrogens (primary N) is 1. The highest BCUT2D eigenvalue weighted by molar-refractivity contribution is 6.08. The number of fused-ring (bicyclic) bond motifs is 1. The lowest BCUT2D eigenvalue weighted by atomic mass is 10.1. The van der Waals surface area contributed by atoms with Crippen LogP contribution in [-0.4, -0.2) is 22.1 Å². The highest BCUT2D eigenvalue weighted by Gasteiger charge is 2.13. The third-order valence-electron chi connectivity index (χ3n) is 4.69. The zero-order valence-corrected chi connectivity index (χ0v) is 15.6. The van der Waals surface area contributed by atoms with E-state index < -0.39 is 0 Å². The van der Waals surface area contributed by atoms with Crippen molar-refractivity contribution >= 4 is 16.7 Å². The Morgan fingerprint density at radius 3 is 2.71 bits per heavy atom. The number of ether oxygens (including phenoxy) is 1. The number of nitrogens with zero attached hydrogens (tertiary/aromatic N) is 2. The number of pyridine rings is 1. The lowest BCUT2D eigenvalue weighted by molar-refractivity contribution is 0.103. The van der Waals surface area contributed by atoms with Crippen molar-refractivity contribution in [1.29, 1.82) is 0 Å². The molecule has 0 spiro atoms. The van der Waals surface area contributed by atoms with Gasteiger partial charge in [-0.05, 0) is 42.8 Å². The minimum Gasteiger partial charge on any atom is -0.479 e. The highest BCUT2D eigenvalue weighted by atomic mass is 16.5. The van der Waals surface area contributed by atoms with Gasteiger partial charge in [0.25, 0.3) is 0 Å². The van der Waals surface area contributed by atoms with Crippen molar-refractivity contribution in [2.75, 3.05) is 6.73 Å². The van der Waals surface area contributed by atoms with Crippen LogP contribution >= 0.6 is 0 Å². The number of carbonyl (C=O) groups excluding carboxylic acids is 1. The van der Waals surface area contributed by atoms with Crippen molar-refractivity contribution < 1.29 is 9.53 Å². The third-order valence-corrected chi connectivity index (χ3v) is 4.69. The smallest absolute Gasteiger partial charge is 0.209 e. The third kappa shape index (κ3) is 3.66. The lowest BCUT2D eigenvalue weighted by Gasteiger charge is -2.10. The van der Waals surface area contributed by atoms with Crippen molar-refractivity contribution in [3.8, 4) is 5.75 Å². The molecule has 2 aromatic heterocycles. The molecule has 0 saturated carbocycles. The first-order valence-corrected chi connectivity index (χ1v) is 9.12. The van der Waals surface area contributed by atoms with Crippen LogP contribution < -0.4 is 10.5 Å². The second-order valence-corrected chi connectivity index (χ2v) is 6.73. The summed E-state index contributed by atoms with van der Waals surface area (Å²) in [5.74, 6) is 0.717. The number of carbonyl (C=O) groups is 1. The van der Waals surface area contributed by atoms with Gasteiger partial charge in [0.2, 0.25) is 5.78 Å². The molecule has 0 amide bonds. The number of aromatic nitrogens is 2. The molecule has 0 saturated heterocycles. The normalized spacial score (nSPS) is 10.9. The fourth-order valence-corrected chi connectivity index (χ4v) is 3.23. The van der Waals surface area contributed by atoms with Gasteiger partial charge in [0.05, 0.1) is 11.2 Å². The molecule has 0 aliphatic rings. The van der Waals surface area contributed by atoms with Gasteiger partial charge in [-0.3, -0.25) is 15.5 Å². The number of hydrogen-bond donors (Lipinski definition) is 1. The Hall–Kier alpha value is -3.44. The molecule has 0 aliphatic carbocycles. The van der Waals surface area contributed by atoms with E-state index in [1.807, 2.05) is 78.5 Å². The number of hydrogen-bond acceptors (Lipinski definition) is 4. The van der Waals surface area contributed by atoms with E-state index in [9.17, 15) is 4.79 Å². The van der Waals surface area contributed by atoms with E-state index in [-0.39, 0.29) is 12.5 Å². The summed E-state index contributed by atoms with van der Waals surface area (Å²) in [5, 5.41) is 1.01. The van der Waals surface area contributed by atoms with Crippen LogP contribution in [0.3, 0.4) is 0 Å². The zero-order chi connectivity index (χ0) is 19.5. The Labute approximate surface area is 163 Å². The van der Waals surface area contributed by atoms with Gasteiger partial charge < -0.3 is 9.30 Å². The molecule has 5 heteroatoms. The first-order valence-electron chi connectivity index (χ1n) is 9.12. The maximum absolute atomic E-state index is 12.9. The van der Waals surface area contributed by atoms with Crippen molar-refractivity contribution in [2.24, 2.45) is 5.73 Å². The summed E-state index contributed by atoms with van der Waals surface area (Å²) < 4.78 is 7.27. The van der Waals surface area contributed by atoms with E-state index in [1.54, 1.807) is 0 Å². The van der Waals surface area contributed by atoms with Crippen LogP contribution in [0.4, 0.5) is 0 Å². The Bertz CT molecular complexity index is 1130. The van der Waals surface area contributed by atoms with Crippen LogP contribution in [0.15, 0.2) is 73.1 Å². The molecule has 0 fully saturated rings. The van der Waals surface area contributed by atoms with Crippen molar-refractivity contribution in [3.63, 3.8) is 0 Å². The van der Waals surface area contributed by atoms with Crippen LogP contribution in [-0.2, 0) is 6.54 Å². The van der Waals surface area contributed by atoms with Crippen molar-refractivity contribution in [2.45, 2.75) is 13.5 Å². The minimum atomic E-state index is 0.0160. The predicted octanol–water partition coefficient (Wildman–Crippen LogP) is 3.92. The van der Waals surface area contributed by atoms with Gasteiger partial charge in [-0.25, -0.2) is 0 Å². The number of benzene rings is 2. The Kier molecular flexibility index (Phi) is 4.91. The van der Waals surface area contributed by atoms with Crippen molar-refractivity contribution in [1.82, 2.24) is 9.55 Å². The quantitative estimate of drug-likeness (QED) is 0.412. The second-order valence-electron chi connectivity index (χ2n) is 6.73. The molecular formula is C23H21N3O2. The Balaban J connectivity index is 1.60. The van der Waals surface area contributed by atoms with Gasteiger partial charge >= 0.3 is 0 Å². The summed E-state index contributed by atoms with van der Waals surface area (Å²) in [7, 11) is 0. The molecule has 2 N–H and O–H groups in total. The first kappa shape index (κ1) is 17.9. The van der Waals surface area contributed by atoms with Crippen LogP contribution in [0.2, 0.25) is 0 Å². The minimum absolute atomic E-state index is 0.0160. The molecule has 0 bridgehead atoms.